The van der Waals surface area contributed by atoms with Gasteiger partial charge in [-0.1, -0.05) is 121 Å². The van der Waals surface area contributed by atoms with E-state index in [0.717, 1.165) is 99.2 Å². The van der Waals surface area contributed by atoms with Crippen LogP contribution >= 0.6 is 0 Å². The predicted octanol–water partition coefficient (Wildman–Crippen LogP) is 13.4. The predicted molar refractivity (Wildman–Crippen MR) is 230 cm³/mol. The maximum Gasteiger partial charge on any atom is 0.164 e. The lowest BCUT2D eigenvalue weighted by atomic mass is 9.99. The number of furan rings is 2. The molecule has 4 heterocycles. The molecule has 0 atom stereocenters. The molecule has 57 heavy (non-hydrogen) atoms. The molecule has 0 unspecified atom stereocenters. The summed E-state index contributed by atoms with van der Waals surface area (Å²) < 4.78 is 15.5. The van der Waals surface area contributed by atoms with Gasteiger partial charge in [-0.2, -0.15) is 0 Å². The minimum Gasteiger partial charge on any atom is -0.456 e. The van der Waals surface area contributed by atoms with Crippen LogP contribution in [0, 0.1) is 0 Å². The molecular formula is C51H30N4O2. The first-order valence-corrected chi connectivity index (χ1v) is 19.0. The molecular weight excluding hydrogens is 701 g/mol. The lowest BCUT2D eigenvalue weighted by molar-refractivity contribution is 0.669. The first kappa shape index (κ1) is 31.5. The molecule has 0 radical (unpaired) electrons. The van der Waals surface area contributed by atoms with Gasteiger partial charge in [0.25, 0.3) is 0 Å². The molecule has 12 aromatic rings. The fraction of sp³-hybridized carbons (Fsp3) is 0. The van der Waals surface area contributed by atoms with Crippen LogP contribution in [0.5, 0.6) is 0 Å². The molecule has 6 heteroatoms. The van der Waals surface area contributed by atoms with Gasteiger partial charge in [-0.15, -0.1) is 0 Å². The molecule has 0 aliphatic rings. The van der Waals surface area contributed by atoms with Crippen molar-refractivity contribution in [3.05, 3.63) is 182 Å². The maximum absolute atomic E-state index is 6.65. The maximum atomic E-state index is 6.65. The van der Waals surface area contributed by atoms with E-state index >= 15 is 0 Å². The highest BCUT2D eigenvalue weighted by molar-refractivity contribution is 6.24. The number of nitrogens with zero attached hydrogens (tertiary/aromatic N) is 4. The Bertz CT molecular complexity index is 3450. The Labute approximate surface area is 325 Å². The van der Waals surface area contributed by atoms with Crippen molar-refractivity contribution < 1.29 is 8.83 Å². The molecule has 6 nitrogen and oxygen atoms in total. The number of para-hydroxylation sites is 2. The molecule has 12 rings (SSSR count). The highest BCUT2D eigenvalue weighted by Crippen LogP contribution is 2.43. The average Bonchev–Trinajstić information content (AvgIpc) is 3.96. The van der Waals surface area contributed by atoms with Gasteiger partial charge < -0.3 is 13.4 Å². The van der Waals surface area contributed by atoms with Crippen molar-refractivity contribution in [2.75, 3.05) is 0 Å². The van der Waals surface area contributed by atoms with Gasteiger partial charge >= 0.3 is 0 Å². The third-order valence-corrected chi connectivity index (χ3v) is 11.1. The van der Waals surface area contributed by atoms with Crippen LogP contribution in [0.4, 0.5) is 0 Å². The molecule has 0 aliphatic carbocycles. The third-order valence-electron chi connectivity index (χ3n) is 11.1. The van der Waals surface area contributed by atoms with Crippen LogP contribution in [-0.4, -0.2) is 19.5 Å². The Morgan fingerprint density at radius 2 is 0.947 bits per heavy atom. The Morgan fingerprint density at radius 3 is 1.70 bits per heavy atom. The van der Waals surface area contributed by atoms with E-state index in [9.17, 15) is 0 Å². The van der Waals surface area contributed by atoms with Gasteiger partial charge in [-0.25, -0.2) is 15.0 Å². The number of hydrogen-bond donors (Lipinski definition) is 0. The van der Waals surface area contributed by atoms with Gasteiger partial charge in [0.1, 0.15) is 22.3 Å². The summed E-state index contributed by atoms with van der Waals surface area (Å²) in [6, 6.07) is 62.6. The van der Waals surface area contributed by atoms with E-state index in [1.165, 1.54) is 0 Å². The summed E-state index contributed by atoms with van der Waals surface area (Å²) in [6.45, 7) is 0. The van der Waals surface area contributed by atoms with Gasteiger partial charge in [0.2, 0.25) is 0 Å². The monoisotopic (exact) mass is 730 g/mol. The Hall–Kier alpha value is -7.83. The fourth-order valence-corrected chi connectivity index (χ4v) is 8.44. The highest BCUT2D eigenvalue weighted by atomic mass is 16.3. The van der Waals surface area contributed by atoms with Crippen LogP contribution in [-0.2, 0) is 0 Å². The summed E-state index contributed by atoms with van der Waals surface area (Å²) in [5.74, 6) is 1.82. The Balaban J connectivity index is 1.08. The largest absolute Gasteiger partial charge is 0.456 e. The van der Waals surface area contributed by atoms with Crippen LogP contribution in [0.2, 0.25) is 0 Å². The van der Waals surface area contributed by atoms with Crippen LogP contribution in [0.25, 0.3) is 117 Å². The Kier molecular flexibility index (Phi) is 6.83. The highest BCUT2D eigenvalue weighted by Gasteiger charge is 2.21. The van der Waals surface area contributed by atoms with Gasteiger partial charge in [-0.3, -0.25) is 0 Å². The summed E-state index contributed by atoms with van der Waals surface area (Å²) in [5, 5.41) is 6.40. The van der Waals surface area contributed by atoms with E-state index in [-0.39, 0.29) is 0 Å². The van der Waals surface area contributed by atoms with Crippen LogP contribution in [0.1, 0.15) is 0 Å². The molecule has 266 valence electrons. The molecule has 0 saturated heterocycles. The molecule has 0 N–H and O–H groups in total. The zero-order valence-electron chi connectivity index (χ0n) is 30.4. The summed E-state index contributed by atoms with van der Waals surface area (Å²) in [6.07, 6.45) is 0. The quantitative estimate of drug-likeness (QED) is 0.176. The number of rotatable bonds is 5. The fourth-order valence-electron chi connectivity index (χ4n) is 8.44. The number of hydrogen-bond acceptors (Lipinski definition) is 5. The third kappa shape index (κ3) is 4.94. The van der Waals surface area contributed by atoms with Crippen molar-refractivity contribution in [1.82, 2.24) is 19.5 Å². The lowest BCUT2D eigenvalue weighted by Crippen LogP contribution is -2.00. The van der Waals surface area contributed by atoms with Crippen molar-refractivity contribution in [2.45, 2.75) is 0 Å². The minimum absolute atomic E-state index is 0.589. The van der Waals surface area contributed by atoms with Gasteiger partial charge in [0, 0.05) is 49.3 Å². The summed E-state index contributed by atoms with van der Waals surface area (Å²) in [5.41, 5.74) is 11.6. The van der Waals surface area contributed by atoms with E-state index in [0.29, 0.717) is 17.5 Å². The van der Waals surface area contributed by atoms with Crippen LogP contribution in [0.3, 0.4) is 0 Å². The van der Waals surface area contributed by atoms with Crippen molar-refractivity contribution in [1.29, 1.82) is 0 Å². The number of fused-ring (bicyclic) bond motifs is 10. The molecule has 0 aliphatic heterocycles. The zero-order valence-corrected chi connectivity index (χ0v) is 30.4. The van der Waals surface area contributed by atoms with Crippen molar-refractivity contribution >= 4 is 65.7 Å². The smallest absolute Gasteiger partial charge is 0.164 e. The van der Waals surface area contributed by atoms with Gasteiger partial charge in [0.15, 0.2) is 17.5 Å². The first-order chi connectivity index (χ1) is 28.2. The van der Waals surface area contributed by atoms with E-state index in [4.69, 9.17) is 23.8 Å². The standard InChI is InChI=1S/C51H30N4O2/c1-4-13-31(14-5-1)49-52-50(32-15-6-2-7-16-32)54-51(53-49)38-20-12-22-45-46(38)40-30-34(24-28-44(40)56-45)33-23-26-41-39(29-33)47-42(55(41)35-17-8-3-9-18-35)27-25-37-36-19-10-11-21-43(36)57-48(37)47/h1-30H. The van der Waals surface area contributed by atoms with Crippen molar-refractivity contribution in [2.24, 2.45) is 0 Å². The van der Waals surface area contributed by atoms with Crippen molar-refractivity contribution in [3.63, 3.8) is 0 Å². The minimum atomic E-state index is 0.589. The second-order valence-electron chi connectivity index (χ2n) is 14.4. The Morgan fingerprint density at radius 1 is 0.351 bits per heavy atom. The SMILES string of the molecule is c1ccc(-c2nc(-c3ccccc3)nc(-c3cccc4oc5ccc(-c6ccc7c(c6)c6c8oc9ccccc9c8ccc6n7-c6ccccc6)cc5c34)n2)cc1. The summed E-state index contributed by atoms with van der Waals surface area (Å²) in [4.78, 5) is 15.1. The van der Waals surface area contributed by atoms with Gasteiger partial charge in [0.05, 0.1) is 16.4 Å². The molecule has 8 aromatic carbocycles. The molecule has 0 fully saturated rings. The van der Waals surface area contributed by atoms with Crippen LogP contribution < -0.4 is 0 Å². The summed E-state index contributed by atoms with van der Waals surface area (Å²) in [7, 11) is 0. The normalized spacial score (nSPS) is 11.9. The number of benzene rings is 8. The van der Waals surface area contributed by atoms with Crippen molar-refractivity contribution in [3.8, 4) is 51.0 Å². The first-order valence-electron chi connectivity index (χ1n) is 19.0. The van der Waals surface area contributed by atoms with E-state index < -0.39 is 0 Å². The lowest BCUT2D eigenvalue weighted by Gasteiger charge is -2.09. The average molecular weight is 731 g/mol. The molecule has 4 aromatic heterocycles. The second-order valence-corrected chi connectivity index (χ2v) is 14.4. The topological polar surface area (TPSA) is 69.9 Å². The molecule has 0 spiro atoms. The van der Waals surface area contributed by atoms with E-state index in [2.05, 4.69) is 102 Å². The molecule has 0 amide bonds. The molecule has 0 saturated carbocycles. The van der Waals surface area contributed by atoms with Crippen LogP contribution in [0.15, 0.2) is 191 Å². The van der Waals surface area contributed by atoms with E-state index in [1.54, 1.807) is 0 Å². The summed E-state index contributed by atoms with van der Waals surface area (Å²) >= 11 is 0. The number of aromatic nitrogens is 4. The zero-order chi connectivity index (χ0) is 37.5. The van der Waals surface area contributed by atoms with Gasteiger partial charge in [-0.05, 0) is 71.8 Å². The molecule has 0 bridgehead atoms. The van der Waals surface area contributed by atoms with E-state index in [1.807, 2.05) is 84.9 Å². The second kappa shape index (κ2) is 12.3.